The minimum Gasteiger partial charge on any atom is -0.394 e. The maximum Gasteiger partial charge on any atom is 0.226 e. The van der Waals surface area contributed by atoms with Crippen molar-refractivity contribution in [2.75, 3.05) is 13.2 Å². The second-order valence-electron chi connectivity index (χ2n) is 4.78. The molecule has 1 aliphatic carbocycles. The molecule has 1 aliphatic heterocycles. The van der Waals surface area contributed by atoms with Crippen molar-refractivity contribution in [1.82, 2.24) is 4.90 Å². The Morgan fingerprint density at radius 2 is 2.20 bits per heavy atom. The van der Waals surface area contributed by atoms with E-state index in [4.69, 9.17) is 10.8 Å². The number of rotatable bonds is 2. The van der Waals surface area contributed by atoms with Gasteiger partial charge in [-0.05, 0) is 32.1 Å². The molecule has 1 saturated heterocycles. The van der Waals surface area contributed by atoms with Crippen molar-refractivity contribution in [2.24, 2.45) is 11.7 Å². The van der Waals surface area contributed by atoms with E-state index in [1.807, 2.05) is 4.90 Å². The van der Waals surface area contributed by atoms with Crippen molar-refractivity contribution < 1.29 is 9.90 Å². The Bertz CT molecular complexity index is 245. The van der Waals surface area contributed by atoms with E-state index >= 15 is 0 Å². The number of nitrogens with two attached hydrogens (primary N) is 1. The Labute approximate surface area is 90.4 Å². The first-order valence-electron chi connectivity index (χ1n) is 5.89. The molecule has 2 fully saturated rings. The first-order valence-corrected chi connectivity index (χ1v) is 5.89. The third-order valence-corrected chi connectivity index (χ3v) is 3.69. The highest BCUT2D eigenvalue weighted by atomic mass is 16.3. The van der Waals surface area contributed by atoms with E-state index in [-0.39, 0.29) is 30.5 Å². The van der Waals surface area contributed by atoms with Gasteiger partial charge in [-0.3, -0.25) is 4.79 Å². The summed E-state index contributed by atoms with van der Waals surface area (Å²) >= 11 is 0. The summed E-state index contributed by atoms with van der Waals surface area (Å²) in [6, 6.07) is 0.267. The van der Waals surface area contributed by atoms with Crippen molar-refractivity contribution in [2.45, 2.75) is 44.2 Å². The van der Waals surface area contributed by atoms with Crippen molar-refractivity contribution in [3.63, 3.8) is 0 Å². The fourth-order valence-corrected chi connectivity index (χ4v) is 2.79. The summed E-state index contributed by atoms with van der Waals surface area (Å²) in [5, 5.41) is 9.16. The molecular weight excluding hydrogens is 192 g/mol. The van der Waals surface area contributed by atoms with E-state index in [0.717, 1.165) is 38.6 Å². The van der Waals surface area contributed by atoms with Crippen LogP contribution >= 0.6 is 0 Å². The lowest BCUT2D eigenvalue weighted by Crippen LogP contribution is -2.41. The third kappa shape index (κ3) is 2.16. The zero-order valence-corrected chi connectivity index (χ0v) is 9.06. The van der Waals surface area contributed by atoms with Gasteiger partial charge in [0, 0.05) is 18.5 Å². The van der Waals surface area contributed by atoms with Gasteiger partial charge in [0.15, 0.2) is 0 Å². The summed E-state index contributed by atoms with van der Waals surface area (Å²) in [7, 11) is 0. The highest BCUT2D eigenvalue weighted by Crippen LogP contribution is 2.29. The molecule has 0 aromatic carbocycles. The second kappa shape index (κ2) is 4.49. The molecule has 2 unspecified atom stereocenters. The van der Waals surface area contributed by atoms with E-state index in [1.54, 1.807) is 0 Å². The van der Waals surface area contributed by atoms with Gasteiger partial charge in [-0.25, -0.2) is 0 Å². The highest BCUT2D eigenvalue weighted by Gasteiger charge is 2.35. The van der Waals surface area contributed by atoms with E-state index in [9.17, 15) is 4.79 Å². The van der Waals surface area contributed by atoms with Crippen LogP contribution in [-0.4, -0.2) is 41.1 Å². The Morgan fingerprint density at radius 1 is 1.40 bits per heavy atom. The Morgan fingerprint density at radius 3 is 2.80 bits per heavy atom. The Kier molecular flexibility index (Phi) is 3.26. The predicted octanol–water partition coefficient (Wildman–Crippen LogP) is 0.0971. The largest absolute Gasteiger partial charge is 0.394 e. The number of amides is 1. The molecule has 2 aliphatic rings. The minimum atomic E-state index is 0.0642. The summed E-state index contributed by atoms with van der Waals surface area (Å²) in [4.78, 5) is 14.0. The predicted molar refractivity (Wildman–Crippen MR) is 57.1 cm³/mol. The third-order valence-electron chi connectivity index (χ3n) is 3.69. The molecular formula is C11H20N2O2. The van der Waals surface area contributed by atoms with Crippen molar-refractivity contribution >= 4 is 5.91 Å². The molecule has 1 amide bonds. The van der Waals surface area contributed by atoms with Crippen LogP contribution < -0.4 is 5.73 Å². The Balaban J connectivity index is 1.95. The van der Waals surface area contributed by atoms with Gasteiger partial charge in [0.25, 0.3) is 0 Å². The normalized spacial score (nSPS) is 36.1. The number of likely N-dealkylation sites (tertiary alicyclic amines) is 1. The number of carbonyl (C=O) groups excluding carboxylic acids is 1. The molecule has 1 heterocycles. The number of aliphatic hydroxyl groups excluding tert-OH is 1. The van der Waals surface area contributed by atoms with Gasteiger partial charge < -0.3 is 15.7 Å². The molecule has 0 bridgehead atoms. The zero-order valence-electron chi connectivity index (χ0n) is 9.06. The zero-order chi connectivity index (χ0) is 10.8. The maximum absolute atomic E-state index is 12.1. The smallest absolute Gasteiger partial charge is 0.226 e. The molecule has 3 N–H and O–H groups in total. The molecule has 4 heteroatoms. The van der Waals surface area contributed by atoms with Crippen LogP contribution in [0.1, 0.15) is 32.1 Å². The quantitative estimate of drug-likeness (QED) is 0.682. The van der Waals surface area contributed by atoms with Crippen molar-refractivity contribution in [3.8, 4) is 0 Å². The van der Waals surface area contributed by atoms with Gasteiger partial charge in [0.2, 0.25) is 5.91 Å². The van der Waals surface area contributed by atoms with Gasteiger partial charge in [0.1, 0.15) is 0 Å². The molecule has 86 valence electrons. The summed E-state index contributed by atoms with van der Waals surface area (Å²) in [5.74, 6) is 0.339. The van der Waals surface area contributed by atoms with E-state index in [0.29, 0.717) is 0 Å². The second-order valence-corrected chi connectivity index (χ2v) is 4.78. The molecule has 3 atom stereocenters. The van der Waals surface area contributed by atoms with Crippen molar-refractivity contribution in [3.05, 3.63) is 0 Å². The van der Waals surface area contributed by atoms with Gasteiger partial charge in [-0.1, -0.05) is 0 Å². The molecule has 4 nitrogen and oxygen atoms in total. The first kappa shape index (κ1) is 10.9. The minimum absolute atomic E-state index is 0.0642. The maximum atomic E-state index is 12.1. The number of hydrogen-bond acceptors (Lipinski definition) is 3. The van der Waals surface area contributed by atoms with Crippen LogP contribution in [-0.2, 0) is 4.79 Å². The number of nitrogens with zero attached hydrogens (tertiary/aromatic N) is 1. The molecule has 0 aromatic heterocycles. The summed E-state index contributed by atoms with van der Waals surface area (Å²) in [6.45, 7) is 0.917. The topological polar surface area (TPSA) is 66.6 Å². The fourth-order valence-electron chi connectivity index (χ4n) is 2.79. The lowest BCUT2D eigenvalue weighted by molar-refractivity contribution is -0.136. The van der Waals surface area contributed by atoms with Gasteiger partial charge in [0.05, 0.1) is 12.6 Å². The van der Waals surface area contributed by atoms with E-state index < -0.39 is 0 Å². The average Bonchev–Trinajstić information content (AvgIpc) is 2.84. The lowest BCUT2D eigenvalue weighted by Gasteiger charge is -2.26. The van der Waals surface area contributed by atoms with Crippen LogP contribution in [0.2, 0.25) is 0 Å². The molecule has 2 rings (SSSR count). The highest BCUT2D eigenvalue weighted by molar-refractivity contribution is 5.79. The number of hydrogen-bond donors (Lipinski definition) is 2. The monoisotopic (exact) mass is 212 g/mol. The molecule has 0 radical (unpaired) electrons. The van der Waals surface area contributed by atoms with Crippen LogP contribution in [0.4, 0.5) is 0 Å². The fraction of sp³-hybridized carbons (Fsp3) is 0.909. The first-order chi connectivity index (χ1) is 7.22. The average molecular weight is 212 g/mol. The molecule has 0 spiro atoms. The Hall–Kier alpha value is -0.610. The van der Waals surface area contributed by atoms with Gasteiger partial charge >= 0.3 is 0 Å². The van der Waals surface area contributed by atoms with E-state index in [2.05, 4.69) is 0 Å². The van der Waals surface area contributed by atoms with Crippen LogP contribution in [0, 0.1) is 5.92 Å². The molecule has 0 aromatic rings. The van der Waals surface area contributed by atoms with Gasteiger partial charge in [-0.15, -0.1) is 0 Å². The summed E-state index contributed by atoms with van der Waals surface area (Å²) in [5.41, 5.74) is 5.81. The van der Waals surface area contributed by atoms with E-state index in [1.165, 1.54) is 0 Å². The van der Waals surface area contributed by atoms with Crippen molar-refractivity contribution in [1.29, 1.82) is 0 Å². The van der Waals surface area contributed by atoms with Crippen LogP contribution in [0.3, 0.4) is 0 Å². The van der Waals surface area contributed by atoms with Crippen LogP contribution in [0.15, 0.2) is 0 Å². The standard InChI is InChI=1S/C11H20N2O2/c12-9-4-3-8(6-9)11(15)13-5-1-2-10(13)7-14/h8-10,14H,1-7,12H2/t8?,9?,10-/m0/s1. The lowest BCUT2D eigenvalue weighted by atomic mass is 10.1. The summed E-state index contributed by atoms with van der Waals surface area (Å²) < 4.78 is 0. The number of carbonyl (C=O) groups is 1. The van der Waals surface area contributed by atoms with Crippen LogP contribution in [0.5, 0.6) is 0 Å². The molecule has 1 saturated carbocycles. The number of aliphatic hydroxyl groups is 1. The van der Waals surface area contributed by atoms with Gasteiger partial charge in [-0.2, -0.15) is 0 Å². The van der Waals surface area contributed by atoms with Crippen LogP contribution in [0.25, 0.3) is 0 Å². The summed E-state index contributed by atoms with van der Waals surface area (Å²) in [6.07, 6.45) is 4.69. The molecule has 15 heavy (non-hydrogen) atoms. The SMILES string of the molecule is NC1CCC(C(=O)N2CCC[C@H]2CO)C1.